The fourth-order valence-corrected chi connectivity index (χ4v) is 2.08. The summed E-state index contributed by atoms with van der Waals surface area (Å²) >= 11 is 0. The van der Waals surface area contributed by atoms with Gasteiger partial charge in [-0.25, -0.2) is 14.6 Å². The van der Waals surface area contributed by atoms with Crippen LogP contribution in [-0.2, 0) is 0 Å². The number of aromatic nitrogens is 4. The highest BCUT2D eigenvalue weighted by atomic mass is 15.3. The molecule has 3 rings (SSSR count). The number of nitrogens with zero attached hydrogens (tertiary/aromatic N) is 5. The van der Waals surface area contributed by atoms with Gasteiger partial charge in [-0.15, -0.1) is 0 Å². The topological polar surface area (TPSA) is 72.9 Å². The van der Waals surface area contributed by atoms with Gasteiger partial charge in [0, 0.05) is 43.9 Å². The number of hydrogen-bond donors (Lipinski definition) is 1. The highest BCUT2D eigenvalue weighted by Gasteiger charge is 2.23. The Morgan fingerprint density at radius 3 is 2.65 bits per heavy atom. The van der Waals surface area contributed by atoms with Gasteiger partial charge in [-0.05, 0) is 12.5 Å². The first kappa shape index (κ1) is 10.2. The van der Waals surface area contributed by atoms with E-state index in [4.69, 9.17) is 5.73 Å². The average Bonchev–Trinajstić information content (AvgIpc) is 3.00. The van der Waals surface area contributed by atoms with Crippen molar-refractivity contribution in [1.29, 1.82) is 0 Å². The van der Waals surface area contributed by atoms with Gasteiger partial charge in [0.2, 0.25) is 0 Å². The van der Waals surface area contributed by atoms with Gasteiger partial charge in [-0.3, -0.25) is 0 Å². The van der Waals surface area contributed by atoms with Crippen LogP contribution < -0.4 is 10.6 Å². The lowest BCUT2D eigenvalue weighted by molar-refractivity contribution is 0.749. The fourth-order valence-electron chi connectivity index (χ4n) is 2.08. The second-order valence-electron chi connectivity index (χ2n) is 4.15. The van der Waals surface area contributed by atoms with Gasteiger partial charge in [0.15, 0.2) is 11.6 Å². The molecule has 1 aliphatic heterocycles. The van der Waals surface area contributed by atoms with Crippen molar-refractivity contribution in [3.8, 4) is 5.82 Å². The lowest BCUT2D eigenvalue weighted by Crippen LogP contribution is -2.28. The highest BCUT2D eigenvalue weighted by Crippen LogP contribution is 2.22. The van der Waals surface area contributed by atoms with Crippen LogP contribution in [0, 0.1) is 0 Å². The first-order valence-electron chi connectivity index (χ1n) is 5.66. The summed E-state index contributed by atoms with van der Waals surface area (Å²) in [5.74, 6) is 1.61. The molecule has 0 saturated carbocycles. The molecule has 88 valence electrons. The molecule has 1 atom stereocenters. The highest BCUT2D eigenvalue weighted by molar-refractivity contribution is 5.53. The van der Waals surface area contributed by atoms with E-state index in [9.17, 15) is 0 Å². The molecule has 1 fully saturated rings. The molecule has 2 aromatic rings. The lowest BCUT2D eigenvalue weighted by atomic mass is 10.3. The molecular formula is C11H14N6. The van der Waals surface area contributed by atoms with Gasteiger partial charge in [0.1, 0.15) is 0 Å². The third kappa shape index (κ3) is 1.87. The zero-order valence-corrected chi connectivity index (χ0v) is 9.40. The lowest BCUT2D eigenvalue weighted by Gasteiger charge is -2.18. The Balaban J connectivity index is 1.99. The summed E-state index contributed by atoms with van der Waals surface area (Å²) in [7, 11) is 0. The van der Waals surface area contributed by atoms with Crippen LogP contribution in [0.15, 0.2) is 30.9 Å². The van der Waals surface area contributed by atoms with Crippen molar-refractivity contribution in [2.45, 2.75) is 12.5 Å². The Kier molecular flexibility index (Phi) is 2.49. The van der Waals surface area contributed by atoms with Crippen molar-refractivity contribution < 1.29 is 0 Å². The molecule has 1 saturated heterocycles. The summed E-state index contributed by atoms with van der Waals surface area (Å²) in [6.07, 6.45) is 7.97. The predicted octanol–water partition coefficient (Wildman–Crippen LogP) is 0.200. The molecule has 6 heteroatoms. The van der Waals surface area contributed by atoms with Gasteiger partial charge in [-0.2, -0.15) is 5.10 Å². The zero-order chi connectivity index (χ0) is 11.7. The van der Waals surface area contributed by atoms with Gasteiger partial charge in [0.25, 0.3) is 0 Å². The largest absolute Gasteiger partial charge is 0.352 e. The molecule has 0 bridgehead atoms. The fraction of sp³-hybridized carbons (Fsp3) is 0.364. The molecule has 0 spiro atoms. The van der Waals surface area contributed by atoms with Crippen molar-refractivity contribution in [3.63, 3.8) is 0 Å². The molecule has 0 radical (unpaired) electrons. The molecule has 3 heterocycles. The van der Waals surface area contributed by atoms with E-state index in [0.29, 0.717) is 0 Å². The van der Waals surface area contributed by atoms with Crippen molar-refractivity contribution in [2.24, 2.45) is 5.73 Å². The van der Waals surface area contributed by atoms with Crippen molar-refractivity contribution >= 4 is 5.82 Å². The number of nitrogens with two attached hydrogens (primary N) is 1. The van der Waals surface area contributed by atoms with Crippen molar-refractivity contribution in [2.75, 3.05) is 18.0 Å². The van der Waals surface area contributed by atoms with Gasteiger partial charge < -0.3 is 10.6 Å². The number of rotatable bonds is 2. The molecule has 2 N–H and O–H groups in total. The van der Waals surface area contributed by atoms with E-state index >= 15 is 0 Å². The quantitative estimate of drug-likeness (QED) is 0.797. The third-order valence-electron chi connectivity index (χ3n) is 2.91. The zero-order valence-electron chi connectivity index (χ0n) is 9.40. The Morgan fingerprint density at radius 2 is 2.00 bits per heavy atom. The van der Waals surface area contributed by atoms with Crippen LogP contribution in [0.1, 0.15) is 6.42 Å². The van der Waals surface area contributed by atoms with E-state index in [1.165, 1.54) is 0 Å². The smallest absolute Gasteiger partial charge is 0.196 e. The van der Waals surface area contributed by atoms with E-state index in [1.54, 1.807) is 23.3 Å². The first-order chi connectivity index (χ1) is 8.34. The summed E-state index contributed by atoms with van der Waals surface area (Å²) in [5, 5.41) is 4.19. The summed E-state index contributed by atoms with van der Waals surface area (Å²) < 4.78 is 1.73. The molecule has 0 amide bonds. The number of hydrogen-bond acceptors (Lipinski definition) is 5. The van der Waals surface area contributed by atoms with Gasteiger partial charge in [0.05, 0.1) is 0 Å². The van der Waals surface area contributed by atoms with Crippen LogP contribution in [0.4, 0.5) is 5.82 Å². The van der Waals surface area contributed by atoms with E-state index in [1.807, 2.05) is 12.3 Å². The molecule has 0 aromatic carbocycles. The third-order valence-corrected chi connectivity index (χ3v) is 2.91. The summed E-state index contributed by atoms with van der Waals surface area (Å²) in [6, 6.07) is 2.09. The average molecular weight is 230 g/mol. The SMILES string of the molecule is N[C@H]1CCN(c2nccnc2-n2cccn2)C1. The predicted molar refractivity (Wildman–Crippen MR) is 64.0 cm³/mol. The van der Waals surface area contributed by atoms with E-state index in [-0.39, 0.29) is 6.04 Å². The second-order valence-corrected chi connectivity index (χ2v) is 4.15. The van der Waals surface area contributed by atoms with Crippen LogP contribution >= 0.6 is 0 Å². The minimum Gasteiger partial charge on any atom is -0.352 e. The van der Waals surface area contributed by atoms with Crippen molar-refractivity contribution in [1.82, 2.24) is 19.7 Å². The van der Waals surface area contributed by atoms with Crippen LogP contribution in [0.2, 0.25) is 0 Å². The summed E-state index contributed by atoms with van der Waals surface area (Å²) in [5.41, 5.74) is 5.92. The minimum absolute atomic E-state index is 0.225. The maximum atomic E-state index is 5.92. The van der Waals surface area contributed by atoms with Crippen LogP contribution in [0.25, 0.3) is 5.82 Å². The molecule has 17 heavy (non-hydrogen) atoms. The Morgan fingerprint density at radius 1 is 1.18 bits per heavy atom. The monoisotopic (exact) mass is 230 g/mol. The molecule has 0 aliphatic carbocycles. The molecule has 6 nitrogen and oxygen atoms in total. The standard InChI is InChI=1S/C11H14N6/c12-9-2-7-16(8-9)10-11(14-5-4-13-10)17-6-1-3-15-17/h1,3-6,9H,2,7-8,12H2/t9-/m0/s1. The minimum atomic E-state index is 0.225. The molecular weight excluding hydrogens is 216 g/mol. The summed E-state index contributed by atoms with van der Waals surface area (Å²) in [6.45, 7) is 1.75. The van der Waals surface area contributed by atoms with Gasteiger partial charge in [-0.1, -0.05) is 0 Å². The van der Waals surface area contributed by atoms with Crippen LogP contribution in [0.5, 0.6) is 0 Å². The van der Waals surface area contributed by atoms with E-state index in [0.717, 1.165) is 31.1 Å². The van der Waals surface area contributed by atoms with Crippen molar-refractivity contribution in [3.05, 3.63) is 30.9 Å². The van der Waals surface area contributed by atoms with Gasteiger partial charge >= 0.3 is 0 Å². The Bertz CT molecular complexity index is 494. The summed E-state index contributed by atoms with van der Waals surface area (Å²) in [4.78, 5) is 10.9. The normalized spacial score (nSPS) is 19.8. The number of anilines is 1. The molecule has 1 aliphatic rings. The molecule has 0 unspecified atom stereocenters. The van der Waals surface area contributed by atoms with Crippen LogP contribution in [0.3, 0.4) is 0 Å². The second kappa shape index (κ2) is 4.14. The Labute approximate surface area is 99.1 Å². The van der Waals surface area contributed by atoms with Crippen LogP contribution in [-0.4, -0.2) is 38.9 Å². The maximum Gasteiger partial charge on any atom is 0.196 e. The Hall–Kier alpha value is -1.95. The maximum absolute atomic E-state index is 5.92. The van der Waals surface area contributed by atoms with E-state index in [2.05, 4.69) is 20.0 Å². The molecule has 2 aromatic heterocycles. The van der Waals surface area contributed by atoms with E-state index < -0.39 is 0 Å². The first-order valence-corrected chi connectivity index (χ1v) is 5.66.